The molecule has 1 heterocycles. The van der Waals surface area contributed by atoms with Crippen LogP contribution < -0.4 is 4.74 Å². The lowest BCUT2D eigenvalue weighted by atomic mass is 10.1. The Morgan fingerprint density at radius 2 is 2.06 bits per heavy atom. The van der Waals surface area contributed by atoms with Crippen LogP contribution in [0.3, 0.4) is 0 Å². The molecule has 1 aliphatic rings. The molecule has 1 saturated heterocycles. The van der Waals surface area contributed by atoms with Crippen molar-refractivity contribution in [2.24, 2.45) is 0 Å². The first kappa shape index (κ1) is 12.9. The summed E-state index contributed by atoms with van der Waals surface area (Å²) in [6.07, 6.45) is 1.55. The third kappa shape index (κ3) is 3.46. The van der Waals surface area contributed by atoms with Crippen LogP contribution in [0.2, 0.25) is 0 Å². The Morgan fingerprint density at radius 3 is 2.78 bits per heavy atom. The minimum atomic E-state index is -0.138. The summed E-state index contributed by atoms with van der Waals surface area (Å²) >= 11 is 0. The van der Waals surface area contributed by atoms with Crippen LogP contribution in [0.15, 0.2) is 24.3 Å². The van der Waals surface area contributed by atoms with Crippen molar-refractivity contribution < 1.29 is 9.84 Å². The third-order valence-electron chi connectivity index (χ3n) is 3.23. The number of aliphatic hydroxyl groups is 1. The molecule has 2 rings (SSSR count). The van der Waals surface area contributed by atoms with E-state index < -0.39 is 0 Å². The summed E-state index contributed by atoms with van der Waals surface area (Å²) in [6.45, 7) is 3.26. The number of piperidine rings is 1. The van der Waals surface area contributed by atoms with Crippen molar-refractivity contribution in [2.45, 2.75) is 18.9 Å². The molecule has 1 fully saturated rings. The van der Waals surface area contributed by atoms with E-state index in [1.54, 1.807) is 6.07 Å². The van der Waals surface area contributed by atoms with Crippen LogP contribution in [0.25, 0.3) is 0 Å². The van der Waals surface area contributed by atoms with Crippen LogP contribution in [-0.4, -0.2) is 42.4 Å². The molecule has 96 valence electrons. The van der Waals surface area contributed by atoms with Crippen molar-refractivity contribution in [3.05, 3.63) is 29.8 Å². The Labute approximate surface area is 107 Å². The molecule has 0 aromatic heterocycles. The first-order chi connectivity index (χ1) is 8.79. The second-order valence-corrected chi connectivity index (χ2v) is 4.53. The van der Waals surface area contributed by atoms with Gasteiger partial charge in [-0.1, -0.05) is 12.1 Å². The summed E-state index contributed by atoms with van der Waals surface area (Å²) in [6, 6.07) is 9.39. The smallest absolute Gasteiger partial charge is 0.137 e. The van der Waals surface area contributed by atoms with Gasteiger partial charge in [0.1, 0.15) is 18.4 Å². The summed E-state index contributed by atoms with van der Waals surface area (Å²) < 4.78 is 5.63. The number of para-hydroxylation sites is 1. The zero-order valence-corrected chi connectivity index (χ0v) is 10.4. The number of hydrogen-bond donors (Lipinski definition) is 1. The fraction of sp³-hybridized carbons (Fsp3) is 0.500. The predicted octanol–water partition coefficient (Wildman–Crippen LogP) is 1.39. The zero-order chi connectivity index (χ0) is 12.8. The van der Waals surface area contributed by atoms with Gasteiger partial charge in [0.15, 0.2) is 0 Å². The van der Waals surface area contributed by atoms with Crippen LogP contribution in [0, 0.1) is 11.3 Å². The first-order valence-corrected chi connectivity index (χ1v) is 6.32. The molecule has 1 aromatic rings. The molecule has 1 N–H and O–H groups in total. The first-order valence-electron chi connectivity index (χ1n) is 6.32. The van der Waals surface area contributed by atoms with Gasteiger partial charge in [-0.15, -0.1) is 0 Å². The highest BCUT2D eigenvalue weighted by Crippen LogP contribution is 2.16. The Balaban J connectivity index is 1.77. The molecule has 0 saturated carbocycles. The fourth-order valence-electron chi connectivity index (χ4n) is 2.11. The van der Waals surface area contributed by atoms with Crippen molar-refractivity contribution in [2.75, 3.05) is 26.2 Å². The van der Waals surface area contributed by atoms with Gasteiger partial charge in [0.05, 0.1) is 11.7 Å². The van der Waals surface area contributed by atoms with Gasteiger partial charge in [0.2, 0.25) is 0 Å². The molecule has 0 amide bonds. The highest BCUT2D eigenvalue weighted by atomic mass is 16.5. The maximum atomic E-state index is 9.40. The monoisotopic (exact) mass is 246 g/mol. The van der Waals surface area contributed by atoms with Crippen molar-refractivity contribution in [1.29, 1.82) is 5.26 Å². The maximum Gasteiger partial charge on any atom is 0.137 e. The number of hydrogen-bond acceptors (Lipinski definition) is 4. The summed E-state index contributed by atoms with van der Waals surface area (Å²) in [7, 11) is 0. The molecule has 1 aliphatic heterocycles. The molecule has 4 nitrogen and oxygen atoms in total. The third-order valence-corrected chi connectivity index (χ3v) is 3.23. The van der Waals surface area contributed by atoms with Crippen LogP contribution in [0.1, 0.15) is 18.4 Å². The molecule has 4 heteroatoms. The summed E-state index contributed by atoms with van der Waals surface area (Å²) in [5, 5.41) is 18.3. The SMILES string of the molecule is N#Cc1ccccc1OCCN1CCC(O)CC1. The van der Waals surface area contributed by atoms with Crippen LogP contribution in [0.5, 0.6) is 5.75 Å². The molecule has 0 bridgehead atoms. The van der Waals surface area contributed by atoms with E-state index in [0.29, 0.717) is 17.9 Å². The number of aliphatic hydroxyl groups excluding tert-OH is 1. The standard InChI is InChI=1S/C14H18N2O2/c15-11-12-3-1-2-4-14(12)18-10-9-16-7-5-13(17)6-8-16/h1-4,13,17H,5-10H2. The van der Waals surface area contributed by atoms with E-state index in [1.165, 1.54) is 0 Å². The Kier molecular flexibility index (Phi) is 4.57. The second kappa shape index (κ2) is 6.39. The van der Waals surface area contributed by atoms with Crippen molar-refractivity contribution in [1.82, 2.24) is 4.90 Å². The van der Waals surface area contributed by atoms with Crippen LogP contribution >= 0.6 is 0 Å². The van der Waals surface area contributed by atoms with Gasteiger partial charge in [-0.05, 0) is 25.0 Å². The lowest BCUT2D eigenvalue weighted by Gasteiger charge is -2.29. The molecule has 1 aromatic carbocycles. The minimum Gasteiger partial charge on any atom is -0.491 e. The average Bonchev–Trinajstić information content (AvgIpc) is 2.41. The summed E-state index contributed by atoms with van der Waals surface area (Å²) in [5.41, 5.74) is 0.576. The Bertz CT molecular complexity index is 420. The van der Waals surface area contributed by atoms with Crippen LogP contribution in [0.4, 0.5) is 0 Å². The molecule has 18 heavy (non-hydrogen) atoms. The predicted molar refractivity (Wildman–Crippen MR) is 68.3 cm³/mol. The molecule has 0 aliphatic carbocycles. The summed E-state index contributed by atoms with van der Waals surface area (Å²) in [5.74, 6) is 0.650. The van der Waals surface area contributed by atoms with Crippen molar-refractivity contribution in [3.8, 4) is 11.8 Å². The Morgan fingerprint density at radius 1 is 1.33 bits per heavy atom. The molecular formula is C14H18N2O2. The number of benzene rings is 1. The van der Waals surface area contributed by atoms with Gasteiger partial charge in [0.25, 0.3) is 0 Å². The highest BCUT2D eigenvalue weighted by molar-refractivity contribution is 5.42. The zero-order valence-electron chi connectivity index (χ0n) is 10.4. The second-order valence-electron chi connectivity index (χ2n) is 4.53. The number of nitrogens with zero attached hydrogens (tertiary/aromatic N) is 2. The number of ether oxygens (including phenoxy) is 1. The van der Waals surface area contributed by atoms with E-state index in [0.717, 1.165) is 32.5 Å². The number of likely N-dealkylation sites (tertiary alicyclic amines) is 1. The topological polar surface area (TPSA) is 56.5 Å². The van der Waals surface area contributed by atoms with Gasteiger partial charge in [-0.3, -0.25) is 4.90 Å². The number of rotatable bonds is 4. The van der Waals surface area contributed by atoms with E-state index in [2.05, 4.69) is 11.0 Å². The number of nitriles is 1. The van der Waals surface area contributed by atoms with Crippen molar-refractivity contribution in [3.63, 3.8) is 0 Å². The van der Waals surface area contributed by atoms with Crippen molar-refractivity contribution >= 4 is 0 Å². The molecule has 0 unspecified atom stereocenters. The minimum absolute atomic E-state index is 0.138. The molecule has 0 atom stereocenters. The maximum absolute atomic E-state index is 9.40. The molecule has 0 radical (unpaired) electrons. The largest absolute Gasteiger partial charge is 0.491 e. The van der Waals surface area contributed by atoms with Gasteiger partial charge in [0, 0.05) is 19.6 Å². The molecular weight excluding hydrogens is 228 g/mol. The molecule has 0 spiro atoms. The normalized spacial score (nSPS) is 17.3. The van der Waals surface area contributed by atoms with E-state index in [9.17, 15) is 5.11 Å². The van der Waals surface area contributed by atoms with Crippen LogP contribution in [-0.2, 0) is 0 Å². The van der Waals surface area contributed by atoms with E-state index in [4.69, 9.17) is 10.00 Å². The average molecular weight is 246 g/mol. The lowest BCUT2D eigenvalue weighted by molar-refractivity contribution is 0.0754. The van der Waals surface area contributed by atoms with Gasteiger partial charge in [-0.25, -0.2) is 0 Å². The van der Waals surface area contributed by atoms with E-state index in [-0.39, 0.29) is 6.10 Å². The Hall–Kier alpha value is -1.57. The van der Waals surface area contributed by atoms with Gasteiger partial charge in [-0.2, -0.15) is 5.26 Å². The lowest BCUT2D eigenvalue weighted by Crippen LogP contribution is -2.38. The van der Waals surface area contributed by atoms with E-state index in [1.807, 2.05) is 18.2 Å². The fourth-order valence-corrected chi connectivity index (χ4v) is 2.11. The quantitative estimate of drug-likeness (QED) is 0.872. The highest BCUT2D eigenvalue weighted by Gasteiger charge is 2.16. The van der Waals surface area contributed by atoms with Gasteiger partial charge >= 0.3 is 0 Å². The van der Waals surface area contributed by atoms with E-state index >= 15 is 0 Å². The van der Waals surface area contributed by atoms with Gasteiger partial charge < -0.3 is 9.84 Å². The summed E-state index contributed by atoms with van der Waals surface area (Å²) in [4.78, 5) is 2.28.